The van der Waals surface area contributed by atoms with E-state index in [0.29, 0.717) is 19.6 Å². The van der Waals surface area contributed by atoms with Crippen molar-refractivity contribution in [3.8, 4) is 0 Å². The van der Waals surface area contributed by atoms with Gasteiger partial charge in [0.05, 0.1) is 7.11 Å². The Morgan fingerprint density at radius 3 is 3.00 bits per heavy atom. The molecule has 2 rings (SSSR count). The maximum absolute atomic E-state index is 11.5. The van der Waals surface area contributed by atoms with Gasteiger partial charge in [-0.15, -0.1) is 0 Å². The third-order valence-corrected chi connectivity index (χ3v) is 3.24. The highest BCUT2D eigenvalue weighted by atomic mass is 16.5. The topological polar surface area (TPSA) is 68.5 Å². The Balaban J connectivity index is 2.15. The smallest absolute Gasteiger partial charge is 0.409 e. The van der Waals surface area contributed by atoms with Gasteiger partial charge in [-0.2, -0.15) is 0 Å². The second-order valence-corrected chi connectivity index (χ2v) is 4.23. The zero-order chi connectivity index (χ0) is 12.3. The van der Waals surface area contributed by atoms with Crippen molar-refractivity contribution in [2.45, 2.75) is 5.92 Å². The molecule has 0 saturated carbocycles. The standard InChI is InChI=1S/C12H17N3O2/c1-17-12(16)15-7-9(6-13)10(8-15)11-4-2-3-5-14-11/h2-5,9-10H,6-8,13H2,1H3. The van der Waals surface area contributed by atoms with Gasteiger partial charge in [0.2, 0.25) is 0 Å². The van der Waals surface area contributed by atoms with Gasteiger partial charge in [0.25, 0.3) is 0 Å². The van der Waals surface area contributed by atoms with Crippen LogP contribution in [0.5, 0.6) is 0 Å². The van der Waals surface area contributed by atoms with Crippen LogP contribution in [0.15, 0.2) is 24.4 Å². The number of pyridine rings is 1. The number of rotatable bonds is 2. The van der Waals surface area contributed by atoms with Crippen LogP contribution in [-0.4, -0.2) is 42.7 Å². The van der Waals surface area contributed by atoms with Crippen molar-refractivity contribution in [1.29, 1.82) is 0 Å². The number of ether oxygens (including phenoxy) is 1. The Morgan fingerprint density at radius 2 is 2.41 bits per heavy atom. The molecule has 17 heavy (non-hydrogen) atoms. The predicted molar refractivity (Wildman–Crippen MR) is 63.5 cm³/mol. The number of amides is 1. The highest BCUT2D eigenvalue weighted by molar-refractivity contribution is 5.68. The minimum atomic E-state index is -0.290. The van der Waals surface area contributed by atoms with Crippen LogP contribution in [0.4, 0.5) is 4.79 Å². The fourth-order valence-corrected chi connectivity index (χ4v) is 2.32. The first-order valence-corrected chi connectivity index (χ1v) is 5.70. The second kappa shape index (κ2) is 5.14. The number of likely N-dealkylation sites (tertiary alicyclic amines) is 1. The summed E-state index contributed by atoms with van der Waals surface area (Å²) in [6.45, 7) is 1.82. The van der Waals surface area contributed by atoms with Gasteiger partial charge in [0, 0.05) is 30.9 Å². The van der Waals surface area contributed by atoms with Crippen molar-refractivity contribution in [2.75, 3.05) is 26.7 Å². The zero-order valence-electron chi connectivity index (χ0n) is 9.87. The Hall–Kier alpha value is -1.62. The van der Waals surface area contributed by atoms with Crippen LogP contribution in [-0.2, 0) is 4.74 Å². The number of nitrogens with two attached hydrogens (primary N) is 1. The molecule has 0 spiro atoms. The van der Waals surface area contributed by atoms with Crippen LogP contribution < -0.4 is 5.73 Å². The molecule has 1 aromatic rings. The molecule has 2 N–H and O–H groups in total. The van der Waals surface area contributed by atoms with Crippen LogP contribution in [0.2, 0.25) is 0 Å². The molecule has 1 aliphatic rings. The fraction of sp³-hybridized carbons (Fsp3) is 0.500. The number of methoxy groups -OCH3 is 1. The first-order valence-electron chi connectivity index (χ1n) is 5.70. The Bertz CT molecular complexity index is 383. The van der Waals surface area contributed by atoms with Crippen LogP contribution in [0.1, 0.15) is 11.6 Å². The summed E-state index contributed by atoms with van der Waals surface area (Å²) < 4.78 is 4.74. The Morgan fingerprint density at radius 1 is 1.59 bits per heavy atom. The first kappa shape index (κ1) is 11.9. The molecule has 2 atom stereocenters. The monoisotopic (exact) mass is 235 g/mol. The fourth-order valence-electron chi connectivity index (χ4n) is 2.32. The maximum atomic E-state index is 11.5. The third-order valence-electron chi connectivity index (χ3n) is 3.24. The van der Waals surface area contributed by atoms with Crippen molar-refractivity contribution < 1.29 is 9.53 Å². The van der Waals surface area contributed by atoms with Crippen molar-refractivity contribution in [2.24, 2.45) is 11.7 Å². The molecule has 0 aromatic carbocycles. The average Bonchev–Trinajstić information content (AvgIpc) is 2.83. The zero-order valence-corrected chi connectivity index (χ0v) is 9.87. The maximum Gasteiger partial charge on any atom is 0.409 e. The van der Waals surface area contributed by atoms with E-state index in [1.54, 1.807) is 11.1 Å². The number of carbonyl (C=O) groups is 1. The highest BCUT2D eigenvalue weighted by Gasteiger charge is 2.36. The van der Waals surface area contributed by atoms with Gasteiger partial charge in [-0.3, -0.25) is 4.98 Å². The lowest BCUT2D eigenvalue weighted by Crippen LogP contribution is -2.29. The Kier molecular flexibility index (Phi) is 3.58. The number of hydrogen-bond acceptors (Lipinski definition) is 4. The van der Waals surface area contributed by atoms with Gasteiger partial charge in [-0.1, -0.05) is 6.07 Å². The SMILES string of the molecule is COC(=O)N1CC(CN)C(c2ccccn2)C1. The lowest BCUT2D eigenvalue weighted by Gasteiger charge is -2.14. The summed E-state index contributed by atoms with van der Waals surface area (Å²) in [7, 11) is 1.40. The summed E-state index contributed by atoms with van der Waals surface area (Å²) in [4.78, 5) is 17.5. The van der Waals surface area contributed by atoms with Crippen LogP contribution in [0.25, 0.3) is 0 Å². The largest absolute Gasteiger partial charge is 0.453 e. The molecule has 0 bridgehead atoms. The molecule has 92 valence electrons. The molecule has 1 saturated heterocycles. The molecule has 0 radical (unpaired) electrons. The van der Waals surface area contributed by atoms with E-state index in [1.165, 1.54) is 7.11 Å². The summed E-state index contributed by atoms with van der Waals surface area (Å²) in [5, 5.41) is 0. The van der Waals surface area contributed by atoms with Crippen LogP contribution in [0.3, 0.4) is 0 Å². The van der Waals surface area contributed by atoms with Gasteiger partial charge in [-0.05, 0) is 24.6 Å². The lowest BCUT2D eigenvalue weighted by atomic mass is 9.93. The quantitative estimate of drug-likeness (QED) is 0.824. The summed E-state index contributed by atoms with van der Waals surface area (Å²) in [5.41, 5.74) is 6.75. The van der Waals surface area contributed by atoms with Crippen molar-refractivity contribution in [1.82, 2.24) is 9.88 Å². The highest BCUT2D eigenvalue weighted by Crippen LogP contribution is 2.30. The molecule has 0 aliphatic carbocycles. The summed E-state index contributed by atoms with van der Waals surface area (Å²) in [6, 6.07) is 5.82. The van der Waals surface area contributed by atoms with E-state index >= 15 is 0 Å². The van der Waals surface area contributed by atoms with Gasteiger partial charge in [-0.25, -0.2) is 4.79 Å². The summed E-state index contributed by atoms with van der Waals surface area (Å²) in [6.07, 6.45) is 1.48. The summed E-state index contributed by atoms with van der Waals surface area (Å²) in [5.74, 6) is 0.462. The minimum absolute atomic E-state index is 0.209. The molecular weight excluding hydrogens is 218 g/mol. The van der Waals surface area contributed by atoms with E-state index < -0.39 is 0 Å². The minimum Gasteiger partial charge on any atom is -0.453 e. The molecule has 1 aromatic heterocycles. The number of aromatic nitrogens is 1. The molecule has 1 amide bonds. The molecular formula is C12H17N3O2. The molecule has 2 heterocycles. The Labute approximate surface area is 101 Å². The first-order chi connectivity index (χ1) is 8.26. The van der Waals surface area contributed by atoms with Crippen LogP contribution >= 0.6 is 0 Å². The van der Waals surface area contributed by atoms with E-state index in [4.69, 9.17) is 10.5 Å². The van der Waals surface area contributed by atoms with E-state index in [0.717, 1.165) is 5.69 Å². The molecule has 2 unspecified atom stereocenters. The van der Waals surface area contributed by atoms with E-state index in [2.05, 4.69) is 4.98 Å². The van der Waals surface area contributed by atoms with Crippen molar-refractivity contribution >= 4 is 6.09 Å². The van der Waals surface area contributed by atoms with Gasteiger partial charge < -0.3 is 15.4 Å². The summed E-state index contributed by atoms with van der Waals surface area (Å²) >= 11 is 0. The van der Waals surface area contributed by atoms with Crippen molar-refractivity contribution in [3.05, 3.63) is 30.1 Å². The number of carbonyl (C=O) groups excluding carboxylic acids is 1. The van der Waals surface area contributed by atoms with Gasteiger partial charge in [0.1, 0.15) is 0 Å². The molecule has 1 fully saturated rings. The van der Waals surface area contributed by atoms with E-state index in [1.807, 2.05) is 18.2 Å². The van der Waals surface area contributed by atoms with Crippen LogP contribution in [0, 0.1) is 5.92 Å². The number of hydrogen-bond donors (Lipinski definition) is 1. The molecule has 5 nitrogen and oxygen atoms in total. The number of nitrogens with zero attached hydrogens (tertiary/aromatic N) is 2. The van der Waals surface area contributed by atoms with Gasteiger partial charge in [0.15, 0.2) is 0 Å². The van der Waals surface area contributed by atoms with Gasteiger partial charge >= 0.3 is 6.09 Å². The van der Waals surface area contributed by atoms with E-state index in [9.17, 15) is 4.79 Å². The molecule has 1 aliphatic heterocycles. The third kappa shape index (κ3) is 2.39. The lowest BCUT2D eigenvalue weighted by molar-refractivity contribution is 0.131. The second-order valence-electron chi connectivity index (χ2n) is 4.23. The van der Waals surface area contributed by atoms with E-state index in [-0.39, 0.29) is 17.9 Å². The molecule has 5 heteroatoms. The predicted octanol–water partition coefficient (Wildman–Crippen LogP) is 0.822. The average molecular weight is 235 g/mol. The van der Waals surface area contributed by atoms with Crippen molar-refractivity contribution in [3.63, 3.8) is 0 Å². The normalized spacial score (nSPS) is 23.8.